The number of hydrogen-bond acceptors (Lipinski definition) is 2. The number of hydrogen-bond donors (Lipinski definition) is 2. The van der Waals surface area contributed by atoms with Crippen LogP contribution in [0.25, 0.3) is 0 Å². The lowest BCUT2D eigenvalue weighted by Crippen LogP contribution is -2.42. The average molecular weight is 187 g/mol. The number of nitrogens with one attached hydrogen (secondary N) is 1. The van der Waals surface area contributed by atoms with Gasteiger partial charge in [-0.2, -0.15) is 0 Å². The third-order valence-electron chi connectivity index (χ3n) is 2.14. The lowest BCUT2D eigenvalue weighted by molar-refractivity contribution is -0.142. The molecule has 0 heterocycles. The number of carboxylic acids is 1. The third-order valence-corrected chi connectivity index (χ3v) is 2.14. The van der Waals surface area contributed by atoms with E-state index in [0.29, 0.717) is 0 Å². The van der Waals surface area contributed by atoms with E-state index < -0.39 is 12.0 Å². The summed E-state index contributed by atoms with van der Waals surface area (Å²) in [6, 6.07) is -0.811. The molecule has 0 spiro atoms. The summed E-state index contributed by atoms with van der Waals surface area (Å²) in [6.07, 6.45) is 0. The monoisotopic (exact) mass is 187 g/mol. The Hall–Kier alpha value is -1.06. The van der Waals surface area contributed by atoms with E-state index in [4.69, 9.17) is 5.11 Å². The summed E-state index contributed by atoms with van der Waals surface area (Å²) in [5.41, 5.74) is 0. The zero-order valence-corrected chi connectivity index (χ0v) is 8.50. The van der Waals surface area contributed by atoms with E-state index in [1.165, 1.54) is 6.92 Å². The van der Waals surface area contributed by atoms with E-state index >= 15 is 0 Å². The lowest BCUT2D eigenvalue weighted by Gasteiger charge is -2.17. The van der Waals surface area contributed by atoms with Crippen LogP contribution in [0.5, 0.6) is 0 Å². The third kappa shape index (κ3) is 3.92. The second-order valence-corrected chi connectivity index (χ2v) is 3.60. The van der Waals surface area contributed by atoms with Crippen LogP contribution in [-0.4, -0.2) is 23.0 Å². The predicted octanol–water partition coefficient (Wildman–Crippen LogP) is 0.868. The molecule has 0 aromatic carbocycles. The molecule has 4 nitrogen and oxygen atoms in total. The van der Waals surface area contributed by atoms with Crippen molar-refractivity contribution in [3.63, 3.8) is 0 Å². The van der Waals surface area contributed by atoms with Gasteiger partial charge >= 0.3 is 5.97 Å². The first-order chi connectivity index (χ1) is 5.86. The van der Waals surface area contributed by atoms with Crippen LogP contribution in [0.1, 0.15) is 27.7 Å². The Balaban J connectivity index is 4.08. The van der Waals surface area contributed by atoms with Crippen LogP contribution in [0.15, 0.2) is 0 Å². The van der Waals surface area contributed by atoms with Crippen LogP contribution < -0.4 is 5.32 Å². The molecule has 0 bridgehead atoms. The van der Waals surface area contributed by atoms with E-state index in [9.17, 15) is 9.59 Å². The van der Waals surface area contributed by atoms with E-state index in [0.717, 1.165) is 0 Å². The van der Waals surface area contributed by atoms with E-state index in [1.807, 2.05) is 13.8 Å². The van der Waals surface area contributed by atoms with Gasteiger partial charge in [0, 0.05) is 5.92 Å². The SMILES string of the molecule is CC(NC(=O)[C@@H](C)C(C)C)C(=O)O. The first-order valence-corrected chi connectivity index (χ1v) is 4.39. The van der Waals surface area contributed by atoms with Crippen LogP contribution in [0.4, 0.5) is 0 Å². The molecule has 76 valence electrons. The summed E-state index contributed by atoms with van der Waals surface area (Å²) in [4.78, 5) is 21.7. The highest BCUT2D eigenvalue weighted by molar-refractivity contribution is 5.84. The fourth-order valence-electron chi connectivity index (χ4n) is 0.709. The summed E-state index contributed by atoms with van der Waals surface area (Å²) in [5.74, 6) is -1.14. The van der Waals surface area contributed by atoms with Crippen molar-refractivity contribution in [3.05, 3.63) is 0 Å². The Labute approximate surface area is 78.3 Å². The van der Waals surface area contributed by atoms with Gasteiger partial charge in [0.25, 0.3) is 0 Å². The van der Waals surface area contributed by atoms with Crippen molar-refractivity contribution in [1.29, 1.82) is 0 Å². The Morgan fingerprint density at radius 3 is 1.92 bits per heavy atom. The highest BCUT2D eigenvalue weighted by Crippen LogP contribution is 2.09. The van der Waals surface area contributed by atoms with Crippen molar-refractivity contribution < 1.29 is 14.7 Å². The number of rotatable bonds is 4. The fourth-order valence-corrected chi connectivity index (χ4v) is 0.709. The largest absolute Gasteiger partial charge is 0.480 e. The molecule has 0 radical (unpaired) electrons. The summed E-state index contributed by atoms with van der Waals surface area (Å²) in [7, 11) is 0. The maximum absolute atomic E-state index is 11.3. The summed E-state index contributed by atoms with van der Waals surface area (Å²) in [6.45, 7) is 7.09. The molecule has 4 heteroatoms. The van der Waals surface area contributed by atoms with E-state index in [-0.39, 0.29) is 17.7 Å². The minimum absolute atomic E-state index is 0.151. The molecular weight excluding hydrogens is 170 g/mol. The summed E-state index contributed by atoms with van der Waals surface area (Å²) in [5, 5.41) is 11.0. The number of amides is 1. The van der Waals surface area contributed by atoms with Crippen LogP contribution >= 0.6 is 0 Å². The van der Waals surface area contributed by atoms with Gasteiger partial charge in [-0.25, -0.2) is 0 Å². The van der Waals surface area contributed by atoms with Gasteiger partial charge in [0.1, 0.15) is 6.04 Å². The van der Waals surface area contributed by atoms with Gasteiger partial charge in [0.2, 0.25) is 5.91 Å². The standard InChI is InChI=1S/C9H17NO3/c1-5(2)6(3)8(11)10-7(4)9(12)13/h5-7H,1-4H3,(H,10,11)(H,12,13)/t6-,7?/m0/s1. The predicted molar refractivity (Wildman–Crippen MR) is 49.2 cm³/mol. The Morgan fingerprint density at radius 2 is 1.62 bits per heavy atom. The molecule has 13 heavy (non-hydrogen) atoms. The van der Waals surface area contributed by atoms with Crippen molar-refractivity contribution in [1.82, 2.24) is 5.32 Å². The van der Waals surface area contributed by atoms with Gasteiger partial charge in [-0.3, -0.25) is 9.59 Å². The number of carbonyl (C=O) groups is 2. The first-order valence-electron chi connectivity index (χ1n) is 4.39. The van der Waals surface area contributed by atoms with Crippen molar-refractivity contribution in [2.45, 2.75) is 33.7 Å². The zero-order chi connectivity index (χ0) is 10.6. The molecule has 0 aliphatic carbocycles. The maximum atomic E-state index is 11.3. The first kappa shape index (κ1) is 11.9. The van der Waals surface area contributed by atoms with E-state index in [1.54, 1.807) is 6.92 Å². The molecule has 0 fully saturated rings. The molecule has 0 rings (SSSR count). The van der Waals surface area contributed by atoms with Crippen molar-refractivity contribution in [2.75, 3.05) is 0 Å². The second kappa shape index (κ2) is 4.84. The molecule has 0 saturated carbocycles. The molecule has 0 aromatic rings. The molecule has 1 unspecified atom stereocenters. The minimum Gasteiger partial charge on any atom is -0.480 e. The molecular formula is C9H17NO3. The van der Waals surface area contributed by atoms with Crippen molar-refractivity contribution in [3.8, 4) is 0 Å². The topological polar surface area (TPSA) is 66.4 Å². The molecule has 0 aliphatic rings. The van der Waals surface area contributed by atoms with Crippen LogP contribution in [0, 0.1) is 11.8 Å². The van der Waals surface area contributed by atoms with Crippen molar-refractivity contribution >= 4 is 11.9 Å². The quantitative estimate of drug-likeness (QED) is 0.686. The van der Waals surface area contributed by atoms with Crippen LogP contribution in [0.2, 0.25) is 0 Å². The highest BCUT2D eigenvalue weighted by atomic mass is 16.4. The molecule has 1 amide bonds. The van der Waals surface area contributed by atoms with Gasteiger partial charge in [0.15, 0.2) is 0 Å². The normalized spacial score (nSPS) is 15.2. The van der Waals surface area contributed by atoms with Crippen LogP contribution in [-0.2, 0) is 9.59 Å². The lowest BCUT2D eigenvalue weighted by atomic mass is 9.97. The minimum atomic E-state index is -1.01. The average Bonchev–Trinajstić information content (AvgIpc) is 2.02. The van der Waals surface area contributed by atoms with Gasteiger partial charge < -0.3 is 10.4 Å². The highest BCUT2D eigenvalue weighted by Gasteiger charge is 2.20. The van der Waals surface area contributed by atoms with Gasteiger partial charge in [-0.1, -0.05) is 20.8 Å². The van der Waals surface area contributed by atoms with Crippen LogP contribution in [0.3, 0.4) is 0 Å². The molecule has 2 N–H and O–H groups in total. The Kier molecular flexibility index (Phi) is 4.45. The maximum Gasteiger partial charge on any atom is 0.325 e. The van der Waals surface area contributed by atoms with Crippen molar-refractivity contribution in [2.24, 2.45) is 11.8 Å². The zero-order valence-electron chi connectivity index (χ0n) is 8.50. The van der Waals surface area contributed by atoms with E-state index in [2.05, 4.69) is 5.32 Å². The Morgan fingerprint density at radius 1 is 1.15 bits per heavy atom. The van der Waals surface area contributed by atoms with Gasteiger partial charge in [-0.15, -0.1) is 0 Å². The molecule has 2 atom stereocenters. The summed E-state index contributed by atoms with van der Waals surface area (Å²) < 4.78 is 0. The number of carboxylic acid groups (broad SMARTS) is 1. The van der Waals surface area contributed by atoms with Gasteiger partial charge in [-0.05, 0) is 12.8 Å². The fraction of sp³-hybridized carbons (Fsp3) is 0.778. The summed E-state index contributed by atoms with van der Waals surface area (Å²) >= 11 is 0. The van der Waals surface area contributed by atoms with Gasteiger partial charge in [0.05, 0.1) is 0 Å². The Bertz CT molecular complexity index is 201. The molecule has 0 aliphatic heterocycles. The molecule has 0 aromatic heterocycles. The molecule has 0 saturated heterocycles. The smallest absolute Gasteiger partial charge is 0.325 e. The number of carbonyl (C=O) groups excluding carboxylic acids is 1. The second-order valence-electron chi connectivity index (χ2n) is 3.60. The number of aliphatic carboxylic acids is 1.